The maximum absolute atomic E-state index is 12.7. The molecule has 0 bridgehead atoms. The highest BCUT2D eigenvalue weighted by Crippen LogP contribution is 2.26. The van der Waals surface area contributed by atoms with Crippen molar-refractivity contribution in [3.63, 3.8) is 0 Å². The number of aromatic nitrogens is 1. The number of hydrogen-bond donors (Lipinski definition) is 3. The third-order valence-electron chi connectivity index (χ3n) is 4.26. The van der Waals surface area contributed by atoms with Crippen LogP contribution in [0.25, 0.3) is 11.1 Å². The molecule has 1 aliphatic rings. The molecular formula is C20H15N3O3. The molecule has 6 heteroatoms. The molecule has 6 nitrogen and oxygen atoms in total. The predicted octanol–water partition coefficient (Wildman–Crippen LogP) is 2.79. The molecule has 4 rings (SSSR count). The Morgan fingerprint density at radius 1 is 1.00 bits per heavy atom. The summed E-state index contributed by atoms with van der Waals surface area (Å²) in [5.41, 5.74) is 2.96. The second-order valence-corrected chi connectivity index (χ2v) is 6.03. The van der Waals surface area contributed by atoms with Crippen LogP contribution in [0.15, 0.2) is 65.7 Å². The van der Waals surface area contributed by atoms with Gasteiger partial charge in [0.15, 0.2) is 0 Å². The Morgan fingerprint density at radius 3 is 2.62 bits per heavy atom. The minimum Gasteiger partial charge on any atom is -0.366 e. The molecule has 3 aromatic rings. The lowest BCUT2D eigenvalue weighted by atomic mass is 10.1. The molecule has 0 radical (unpaired) electrons. The maximum Gasteiger partial charge on any atom is 0.261 e. The van der Waals surface area contributed by atoms with Crippen LogP contribution in [0.3, 0.4) is 0 Å². The second kappa shape index (κ2) is 6.33. The van der Waals surface area contributed by atoms with Crippen molar-refractivity contribution in [2.24, 2.45) is 0 Å². The van der Waals surface area contributed by atoms with Crippen molar-refractivity contribution in [1.82, 2.24) is 4.98 Å². The van der Waals surface area contributed by atoms with Crippen LogP contribution < -0.4 is 16.1 Å². The number of aromatic amines is 1. The summed E-state index contributed by atoms with van der Waals surface area (Å²) in [5.74, 6) is -0.572. The molecule has 3 N–H and O–H groups in total. The first kappa shape index (κ1) is 15.8. The minimum absolute atomic E-state index is 0.0288. The molecule has 0 aliphatic carbocycles. The number of fused-ring (bicyclic) bond motifs is 1. The zero-order chi connectivity index (χ0) is 18.1. The Balaban J connectivity index is 1.63. The van der Waals surface area contributed by atoms with Gasteiger partial charge in [-0.3, -0.25) is 14.4 Å². The fourth-order valence-corrected chi connectivity index (χ4v) is 2.99. The van der Waals surface area contributed by atoms with Gasteiger partial charge in [-0.05, 0) is 29.3 Å². The van der Waals surface area contributed by atoms with Gasteiger partial charge in [0.2, 0.25) is 11.3 Å². The highest BCUT2D eigenvalue weighted by Gasteiger charge is 2.19. The van der Waals surface area contributed by atoms with E-state index in [0.29, 0.717) is 11.3 Å². The Morgan fingerprint density at radius 2 is 1.81 bits per heavy atom. The fraction of sp³-hybridized carbons (Fsp3) is 0.0500. The van der Waals surface area contributed by atoms with E-state index < -0.39 is 5.91 Å². The van der Waals surface area contributed by atoms with E-state index in [-0.39, 0.29) is 23.3 Å². The summed E-state index contributed by atoms with van der Waals surface area (Å²) in [7, 11) is 0. The van der Waals surface area contributed by atoms with Crippen molar-refractivity contribution in [3.8, 4) is 11.1 Å². The number of rotatable bonds is 3. The van der Waals surface area contributed by atoms with Crippen LogP contribution in [0.2, 0.25) is 0 Å². The number of H-pyrrole nitrogens is 1. The average molecular weight is 345 g/mol. The zero-order valence-corrected chi connectivity index (χ0v) is 13.7. The van der Waals surface area contributed by atoms with Crippen LogP contribution in [0, 0.1) is 0 Å². The first-order valence-electron chi connectivity index (χ1n) is 8.12. The normalized spacial score (nSPS) is 12.4. The van der Waals surface area contributed by atoms with Crippen LogP contribution in [0.1, 0.15) is 15.9 Å². The average Bonchev–Trinajstić information content (AvgIpc) is 3.02. The molecular weight excluding hydrogens is 330 g/mol. The highest BCUT2D eigenvalue weighted by molar-refractivity contribution is 6.05. The van der Waals surface area contributed by atoms with E-state index in [1.54, 1.807) is 24.4 Å². The molecule has 0 spiro atoms. The first-order valence-corrected chi connectivity index (χ1v) is 8.12. The van der Waals surface area contributed by atoms with Gasteiger partial charge in [-0.2, -0.15) is 0 Å². The molecule has 2 heterocycles. The van der Waals surface area contributed by atoms with E-state index in [1.807, 2.05) is 30.3 Å². The SMILES string of the molecule is O=C1Cc2cc(NC(=O)c3c[nH]cc(-c4ccccc4)c3=O)ccc2N1. The van der Waals surface area contributed by atoms with Crippen molar-refractivity contribution >= 4 is 23.2 Å². The summed E-state index contributed by atoms with van der Waals surface area (Å²) in [5, 5.41) is 5.46. The Labute approximate surface area is 148 Å². The van der Waals surface area contributed by atoms with Gasteiger partial charge < -0.3 is 15.6 Å². The van der Waals surface area contributed by atoms with E-state index in [0.717, 1.165) is 16.8 Å². The van der Waals surface area contributed by atoms with Crippen LogP contribution in [0.5, 0.6) is 0 Å². The predicted molar refractivity (Wildman–Crippen MR) is 99.2 cm³/mol. The number of hydrogen-bond acceptors (Lipinski definition) is 3. The molecule has 1 aliphatic heterocycles. The second-order valence-electron chi connectivity index (χ2n) is 6.03. The fourth-order valence-electron chi connectivity index (χ4n) is 2.99. The van der Waals surface area contributed by atoms with Crippen LogP contribution in [0.4, 0.5) is 11.4 Å². The van der Waals surface area contributed by atoms with Crippen molar-refractivity contribution in [2.75, 3.05) is 10.6 Å². The van der Waals surface area contributed by atoms with Crippen molar-refractivity contribution in [3.05, 3.63) is 82.3 Å². The monoisotopic (exact) mass is 345 g/mol. The molecule has 0 fully saturated rings. The lowest BCUT2D eigenvalue weighted by molar-refractivity contribution is -0.115. The van der Waals surface area contributed by atoms with Crippen LogP contribution >= 0.6 is 0 Å². The number of pyridine rings is 1. The molecule has 2 aromatic carbocycles. The topological polar surface area (TPSA) is 91.1 Å². The Kier molecular flexibility index (Phi) is 3.85. The van der Waals surface area contributed by atoms with Crippen LogP contribution in [-0.2, 0) is 11.2 Å². The van der Waals surface area contributed by atoms with Crippen molar-refractivity contribution in [2.45, 2.75) is 6.42 Å². The molecule has 0 unspecified atom stereocenters. The van der Waals surface area contributed by atoms with Gasteiger partial charge in [0.05, 0.1) is 6.42 Å². The summed E-state index contributed by atoms with van der Waals surface area (Å²) in [6.07, 6.45) is 3.26. The van der Waals surface area contributed by atoms with Gasteiger partial charge in [0.25, 0.3) is 5.91 Å². The minimum atomic E-state index is -0.499. The van der Waals surface area contributed by atoms with Gasteiger partial charge in [0, 0.05) is 29.3 Å². The number of carbonyl (C=O) groups is 2. The standard InChI is InChI=1S/C20H15N3O3/c24-18-9-13-8-14(6-7-17(13)23-18)22-20(26)16-11-21-10-15(19(16)25)12-4-2-1-3-5-12/h1-8,10-11H,9H2,(H,21,25)(H,22,26)(H,23,24). The molecule has 0 saturated heterocycles. The van der Waals surface area contributed by atoms with E-state index >= 15 is 0 Å². The highest BCUT2D eigenvalue weighted by atomic mass is 16.2. The summed E-state index contributed by atoms with van der Waals surface area (Å²) in [6, 6.07) is 14.3. The van der Waals surface area contributed by atoms with Crippen molar-refractivity contribution in [1.29, 1.82) is 0 Å². The lowest BCUT2D eigenvalue weighted by Crippen LogP contribution is -2.22. The van der Waals surface area contributed by atoms with Gasteiger partial charge in [-0.15, -0.1) is 0 Å². The van der Waals surface area contributed by atoms with Gasteiger partial charge in [-0.1, -0.05) is 30.3 Å². The lowest BCUT2D eigenvalue weighted by Gasteiger charge is -2.08. The van der Waals surface area contributed by atoms with Gasteiger partial charge >= 0.3 is 0 Å². The molecule has 26 heavy (non-hydrogen) atoms. The Hall–Kier alpha value is -3.67. The molecule has 128 valence electrons. The Bertz CT molecular complexity index is 1070. The molecule has 2 amide bonds. The summed E-state index contributed by atoms with van der Waals surface area (Å²) < 4.78 is 0. The van der Waals surface area contributed by atoms with Gasteiger partial charge in [0.1, 0.15) is 5.56 Å². The van der Waals surface area contributed by atoms with E-state index in [9.17, 15) is 14.4 Å². The molecule has 0 atom stereocenters. The first-order chi connectivity index (χ1) is 12.6. The number of carbonyl (C=O) groups excluding carboxylic acids is 2. The molecule has 0 saturated carbocycles. The zero-order valence-electron chi connectivity index (χ0n) is 13.7. The number of amides is 2. The number of anilines is 2. The molecule has 1 aromatic heterocycles. The van der Waals surface area contributed by atoms with E-state index in [4.69, 9.17) is 0 Å². The van der Waals surface area contributed by atoms with Crippen molar-refractivity contribution < 1.29 is 9.59 Å². The number of nitrogens with one attached hydrogen (secondary N) is 3. The van der Waals surface area contributed by atoms with Crippen LogP contribution in [-0.4, -0.2) is 16.8 Å². The van der Waals surface area contributed by atoms with Gasteiger partial charge in [-0.25, -0.2) is 0 Å². The largest absolute Gasteiger partial charge is 0.366 e. The number of benzene rings is 2. The van der Waals surface area contributed by atoms with E-state index in [2.05, 4.69) is 15.6 Å². The summed E-state index contributed by atoms with van der Waals surface area (Å²) in [4.78, 5) is 39.6. The third kappa shape index (κ3) is 2.88. The van der Waals surface area contributed by atoms with E-state index in [1.165, 1.54) is 6.20 Å². The smallest absolute Gasteiger partial charge is 0.261 e. The quantitative estimate of drug-likeness (QED) is 0.682. The maximum atomic E-state index is 12.7. The summed E-state index contributed by atoms with van der Waals surface area (Å²) in [6.45, 7) is 0. The summed E-state index contributed by atoms with van der Waals surface area (Å²) >= 11 is 0. The third-order valence-corrected chi connectivity index (χ3v) is 4.26.